The highest BCUT2D eigenvalue weighted by molar-refractivity contribution is 5.79. The molecule has 4 fully saturated rings. The molecule has 1 saturated carbocycles. The first kappa shape index (κ1) is 21.9. The number of aromatic nitrogens is 2. The van der Waals surface area contributed by atoms with E-state index in [1.165, 1.54) is 32.1 Å². The molecule has 1 aromatic rings. The van der Waals surface area contributed by atoms with Gasteiger partial charge in [-0.15, -0.1) is 10.2 Å². The average molecular weight is 443 g/mol. The smallest absolute Gasteiger partial charge is 0.225 e. The van der Waals surface area contributed by atoms with Gasteiger partial charge in [0.25, 0.3) is 0 Å². The number of carbonyl (C=O) groups is 1. The van der Waals surface area contributed by atoms with Gasteiger partial charge in [-0.05, 0) is 37.8 Å². The highest BCUT2D eigenvalue weighted by Crippen LogP contribution is 2.26. The van der Waals surface area contributed by atoms with Gasteiger partial charge in [0, 0.05) is 64.3 Å². The largest absolute Gasteiger partial charge is 0.378 e. The van der Waals surface area contributed by atoms with Crippen LogP contribution in [0.3, 0.4) is 0 Å². The van der Waals surface area contributed by atoms with Gasteiger partial charge >= 0.3 is 0 Å². The summed E-state index contributed by atoms with van der Waals surface area (Å²) in [4.78, 5) is 22.4. The summed E-state index contributed by atoms with van der Waals surface area (Å²) in [5.41, 5.74) is 0. The normalized spacial score (nSPS) is 24.7. The maximum Gasteiger partial charge on any atom is 0.225 e. The number of rotatable bonds is 4. The van der Waals surface area contributed by atoms with E-state index in [0.717, 1.165) is 96.1 Å². The third-order valence-corrected chi connectivity index (χ3v) is 7.86. The van der Waals surface area contributed by atoms with E-state index in [1.807, 2.05) is 0 Å². The van der Waals surface area contributed by atoms with Crippen LogP contribution in [0.25, 0.3) is 0 Å². The minimum atomic E-state index is 0.160. The van der Waals surface area contributed by atoms with Crippen LogP contribution < -0.4 is 9.80 Å². The number of ether oxygens (including phenoxy) is 1. The Hall–Kier alpha value is -1.93. The molecule has 0 atom stereocenters. The number of amides is 1. The Kier molecular flexibility index (Phi) is 7.07. The predicted molar refractivity (Wildman–Crippen MR) is 125 cm³/mol. The van der Waals surface area contributed by atoms with Crippen LogP contribution in [0.2, 0.25) is 0 Å². The molecule has 176 valence electrons. The second kappa shape index (κ2) is 10.3. The fourth-order valence-electron chi connectivity index (χ4n) is 5.82. The van der Waals surface area contributed by atoms with E-state index in [9.17, 15) is 4.79 Å². The summed E-state index contributed by atoms with van der Waals surface area (Å²) in [5.74, 6) is 2.39. The van der Waals surface area contributed by atoms with Gasteiger partial charge in [-0.1, -0.05) is 19.3 Å². The molecule has 8 heteroatoms. The molecule has 5 rings (SSSR count). The van der Waals surface area contributed by atoms with E-state index in [-0.39, 0.29) is 5.92 Å². The highest BCUT2D eigenvalue weighted by atomic mass is 16.5. The Morgan fingerprint density at radius 2 is 1.34 bits per heavy atom. The number of morpholine rings is 1. The van der Waals surface area contributed by atoms with E-state index in [4.69, 9.17) is 4.74 Å². The molecule has 1 aromatic heterocycles. The van der Waals surface area contributed by atoms with E-state index < -0.39 is 0 Å². The van der Waals surface area contributed by atoms with E-state index in [1.54, 1.807) is 0 Å². The summed E-state index contributed by atoms with van der Waals surface area (Å²) in [6, 6.07) is 4.90. The second-order valence-electron chi connectivity index (χ2n) is 9.76. The third-order valence-electron chi connectivity index (χ3n) is 7.86. The van der Waals surface area contributed by atoms with Crippen molar-refractivity contribution in [2.24, 2.45) is 5.92 Å². The minimum Gasteiger partial charge on any atom is -0.378 e. The fraction of sp³-hybridized carbons (Fsp3) is 0.792. The Morgan fingerprint density at radius 1 is 0.750 bits per heavy atom. The van der Waals surface area contributed by atoms with Crippen LogP contribution in [-0.2, 0) is 9.53 Å². The lowest BCUT2D eigenvalue weighted by Crippen LogP contribution is -2.54. The molecule has 3 saturated heterocycles. The van der Waals surface area contributed by atoms with Gasteiger partial charge in [0.05, 0.1) is 13.2 Å². The fourth-order valence-corrected chi connectivity index (χ4v) is 5.82. The van der Waals surface area contributed by atoms with Crippen LogP contribution in [0.15, 0.2) is 12.1 Å². The third kappa shape index (κ3) is 5.01. The van der Waals surface area contributed by atoms with Crippen molar-refractivity contribution < 1.29 is 9.53 Å². The second-order valence-corrected chi connectivity index (χ2v) is 9.76. The molecule has 1 amide bonds. The number of hydrogen-bond donors (Lipinski definition) is 0. The Morgan fingerprint density at radius 3 is 1.94 bits per heavy atom. The first-order valence-electron chi connectivity index (χ1n) is 12.7. The van der Waals surface area contributed by atoms with Crippen molar-refractivity contribution in [1.82, 2.24) is 20.0 Å². The maximum atomic E-state index is 13.1. The van der Waals surface area contributed by atoms with Crippen LogP contribution in [0.4, 0.5) is 11.6 Å². The summed E-state index contributed by atoms with van der Waals surface area (Å²) in [5, 5.41) is 8.93. The molecule has 4 aliphatic rings. The van der Waals surface area contributed by atoms with Crippen molar-refractivity contribution in [2.75, 3.05) is 75.4 Å². The lowest BCUT2D eigenvalue weighted by atomic mass is 9.93. The number of piperazine rings is 1. The number of hydrogen-bond acceptors (Lipinski definition) is 7. The minimum absolute atomic E-state index is 0.160. The molecule has 4 heterocycles. The molecule has 0 aromatic carbocycles. The first-order chi connectivity index (χ1) is 15.8. The summed E-state index contributed by atoms with van der Waals surface area (Å²) in [6.45, 7) is 8.93. The molecule has 0 spiro atoms. The zero-order valence-electron chi connectivity index (χ0n) is 19.3. The topological polar surface area (TPSA) is 65.0 Å². The predicted octanol–water partition coefficient (Wildman–Crippen LogP) is 2.01. The Labute approximate surface area is 191 Å². The molecule has 1 aliphatic carbocycles. The Balaban J connectivity index is 1.08. The lowest BCUT2D eigenvalue weighted by Gasteiger charge is -2.42. The zero-order chi connectivity index (χ0) is 21.8. The molecular weight excluding hydrogens is 404 g/mol. The van der Waals surface area contributed by atoms with Crippen molar-refractivity contribution in [3.8, 4) is 0 Å². The zero-order valence-corrected chi connectivity index (χ0v) is 19.3. The van der Waals surface area contributed by atoms with E-state index in [2.05, 4.69) is 41.9 Å². The number of carbonyl (C=O) groups excluding carboxylic acids is 1. The van der Waals surface area contributed by atoms with Crippen molar-refractivity contribution >= 4 is 17.5 Å². The molecule has 0 unspecified atom stereocenters. The van der Waals surface area contributed by atoms with Crippen LogP contribution in [0, 0.1) is 5.92 Å². The van der Waals surface area contributed by atoms with Crippen molar-refractivity contribution in [1.29, 1.82) is 0 Å². The SMILES string of the molecule is O=C(C1CCN(c2ccc(N3CCOCC3)nn2)CC1)N1CCN(C2CCCCC2)CC1. The average Bonchev–Trinajstić information content (AvgIpc) is 2.90. The van der Waals surface area contributed by atoms with Gasteiger partial charge in [0.15, 0.2) is 11.6 Å². The van der Waals surface area contributed by atoms with Gasteiger partial charge in [0.2, 0.25) is 5.91 Å². The van der Waals surface area contributed by atoms with Gasteiger partial charge in [0.1, 0.15) is 0 Å². The van der Waals surface area contributed by atoms with Gasteiger partial charge in [-0.2, -0.15) is 0 Å². The summed E-state index contributed by atoms with van der Waals surface area (Å²) < 4.78 is 5.41. The molecule has 0 bridgehead atoms. The molecule has 32 heavy (non-hydrogen) atoms. The standard InChI is InChI=1S/C24H38N6O2/c31-24(30-14-12-27(13-15-30)21-4-2-1-3-5-21)20-8-10-28(11-9-20)22-6-7-23(26-25-22)29-16-18-32-19-17-29/h6-7,20-21H,1-5,8-19H2. The van der Waals surface area contributed by atoms with Crippen LogP contribution in [0.1, 0.15) is 44.9 Å². The molecule has 3 aliphatic heterocycles. The van der Waals surface area contributed by atoms with Crippen molar-refractivity contribution in [2.45, 2.75) is 51.0 Å². The Bertz CT molecular complexity index is 731. The van der Waals surface area contributed by atoms with Gasteiger partial charge in [-0.25, -0.2) is 0 Å². The van der Waals surface area contributed by atoms with Crippen LogP contribution in [-0.4, -0.2) is 97.5 Å². The van der Waals surface area contributed by atoms with Crippen molar-refractivity contribution in [3.63, 3.8) is 0 Å². The van der Waals surface area contributed by atoms with Crippen molar-refractivity contribution in [3.05, 3.63) is 12.1 Å². The molecular formula is C24H38N6O2. The number of anilines is 2. The lowest BCUT2D eigenvalue weighted by molar-refractivity contribution is -0.138. The quantitative estimate of drug-likeness (QED) is 0.707. The number of nitrogens with zero attached hydrogens (tertiary/aromatic N) is 6. The molecule has 0 N–H and O–H groups in total. The van der Waals surface area contributed by atoms with E-state index in [0.29, 0.717) is 5.91 Å². The van der Waals surface area contributed by atoms with Crippen LogP contribution in [0.5, 0.6) is 0 Å². The summed E-state index contributed by atoms with van der Waals surface area (Å²) in [7, 11) is 0. The molecule has 0 radical (unpaired) electrons. The van der Waals surface area contributed by atoms with Gasteiger partial charge in [-0.3, -0.25) is 9.69 Å². The monoisotopic (exact) mass is 442 g/mol. The summed E-state index contributed by atoms with van der Waals surface area (Å²) >= 11 is 0. The van der Waals surface area contributed by atoms with Crippen LogP contribution >= 0.6 is 0 Å². The van der Waals surface area contributed by atoms with Gasteiger partial charge < -0.3 is 19.4 Å². The first-order valence-corrected chi connectivity index (χ1v) is 12.7. The van der Waals surface area contributed by atoms with E-state index >= 15 is 0 Å². The maximum absolute atomic E-state index is 13.1. The highest BCUT2D eigenvalue weighted by Gasteiger charge is 2.32. The summed E-state index contributed by atoms with van der Waals surface area (Å²) in [6.07, 6.45) is 8.68. The number of piperidine rings is 1. The molecule has 8 nitrogen and oxygen atoms in total.